The summed E-state index contributed by atoms with van der Waals surface area (Å²) in [4.78, 5) is 24.1. The molecule has 1 aliphatic rings. The van der Waals surface area contributed by atoms with E-state index in [1.807, 2.05) is 55.3 Å². The quantitative estimate of drug-likeness (QED) is 0.939. The van der Waals surface area contributed by atoms with Crippen LogP contribution in [-0.2, 0) is 16.8 Å². The van der Waals surface area contributed by atoms with Gasteiger partial charge in [0.05, 0.1) is 12.0 Å². The minimum atomic E-state index is -0.441. The molecule has 1 aliphatic heterocycles. The first-order valence-electron chi connectivity index (χ1n) is 8.41. The second-order valence-corrected chi connectivity index (χ2v) is 6.55. The number of amides is 1. The number of nitrogens with zero attached hydrogens (tertiary/aromatic N) is 3. The van der Waals surface area contributed by atoms with Gasteiger partial charge in [-0.05, 0) is 32.3 Å². The van der Waals surface area contributed by atoms with Crippen molar-refractivity contribution in [3.05, 3.63) is 53.5 Å². The number of nitrogens with one attached hydrogen (secondary N) is 1. The predicted molar refractivity (Wildman–Crippen MR) is 94.8 cm³/mol. The Morgan fingerprint density at radius 2 is 2.04 bits per heavy atom. The number of rotatable bonds is 4. The first-order chi connectivity index (χ1) is 11.5. The summed E-state index contributed by atoms with van der Waals surface area (Å²) in [6.45, 7) is 4.80. The number of likely N-dealkylation sites (tertiary alicyclic amines) is 1. The molecule has 1 saturated heterocycles. The summed E-state index contributed by atoms with van der Waals surface area (Å²) in [5, 5.41) is 3.08. The molecular weight excluding hydrogens is 300 g/mol. The summed E-state index contributed by atoms with van der Waals surface area (Å²) in [6.07, 6.45) is 2.28. The summed E-state index contributed by atoms with van der Waals surface area (Å²) in [7, 11) is 1.85. The van der Waals surface area contributed by atoms with Crippen LogP contribution in [0.3, 0.4) is 0 Å². The van der Waals surface area contributed by atoms with Crippen LogP contribution in [0.4, 0.5) is 5.82 Å². The van der Waals surface area contributed by atoms with Crippen LogP contribution in [0.25, 0.3) is 0 Å². The molecule has 0 spiro atoms. The van der Waals surface area contributed by atoms with Crippen LogP contribution in [0.2, 0.25) is 0 Å². The van der Waals surface area contributed by atoms with Crippen LogP contribution in [-0.4, -0.2) is 34.4 Å². The second kappa shape index (κ2) is 6.59. The molecule has 126 valence electrons. The summed E-state index contributed by atoms with van der Waals surface area (Å²) >= 11 is 0. The van der Waals surface area contributed by atoms with Crippen molar-refractivity contribution in [1.29, 1.82) is 0 Å². The zero-order chi connectivity index (χ0) is 17.2. The lowest BCUT2D eigenvalue weighted by atomic mass is 9.96. The number of aromatic nitrogens is 2. The zero-order valence-electron chi connectivity index (χ0n) is 14.5. The van der Waals surface area contributed by atoms with E-state index in [0.29, 0.717) is 6.42 Å². The highest BCUT2D eigenvalue weighted by Gasteiger charge is 2.43. The molecule has 1 unspecified atom stereocenters. The van der Waals surface area contributed by atoms with Crippen molar-refractivity contribution < 1.29 is 4.79 Å². The standard InChI is InChI=1S/C19H24N4O/c1-14-12-16(20-3)22-18(21-14)19(2)10-7-11-23(19)17(24)13-15-8-5-4-6-9-15/h4-6,8-9,12H,7,10-11,13H2,1-3H3,(H,20,21,22). The molecule has 1 aromatic carbocycles. The average Bonchev–Trinajstić information content (AvgIpc) is 2.98. The molecule has 1 N–H and O–H groups in total. The first-order valence-corrected chi connectivity index (χ1v) is 8.41. The number of anilines is 1. The molecule has 3 rings (SSSR count). The predicted octanol–water partition coefficient (Wildman–Crippen LogP) is 2.91. The van der Waals surface area contributed by atoms with Crippen molar-refractivity contribution in [2.24, 2.45) is 0 Å². The Hall–Kier alpha value is -2.43. The first kappa shape index (κ1) is 16.4. The highest BCUT2D eigenvalue weighted by atomic mass is 16.2. The monoisotopic (exact) mass is 324 g/mol. The van der Waals surface area contributed by atoms with Crippen LogP contribution in [0.15, 0.2) is 36.4 Å². The van der Waals surface area contributed by atoms with Gasteiger partial charge in [0.25, 0.3) is 0 Å². The normalized spacial score (nSPS) is 20.2. The highest BCUT2D eigenvalue weighted by molar-refractivity contribution is 5.80. The van der Waals surface area contributed by atoms with Crippen LogP contribution < -0.4 is 5.32 Å². The van der Waals surface area contributed by atoms with E-state index >= 15 is 0 Å². The van der Waals surface area contributed by atoms with Gasteiger partial charge in [0.2, 0.25) is 5.91 Å². The number of benzene rings is 1. The molecule has 0 radical (unpaired) electrons. The van der Waals surface area contributed by atoms with Crippen molar-refractivity contribution >= 4 is 11.7 Å². The van der Waals surface area contributed by atoms with Gasteiger partial charge >= 0.3 is 0 Å². The molecule has 5 nitrogen and oxygen atoms in total. The van der Waals surface area contributed by atoms with Gasteiger partial charge in [0.1, 0.15) is 5.82 Å². The minimum Gasteiger partial charge on any atom is -0.373 e. The molecule has 0 bridgehead atoms. The van der Waals surface area contributed by atoms with Crippen molar-refractivity contribution in [3.63, 3.8) is 0 Å². The van der Waals surface area contributed by atoms with Crippen molar-refractivity contribution in [2.45, 2.75) is 38.6 Å². The van der Waals surface area contributed by atoms with Crippen LogP contribution in [0.5, 0.6) is 0 Å². The van der Waals surface area contributed by atoms with Gasteiger partial charge in [-0.15, -0.1) is 0 Å². The van der Waals surface area contributed by atoms with Crippen LogP contribution in [0.1, 0.15) is 36.8 Å². The van der Waals surface area contributed by atoms with Crippen molar-refractivity contribution in [2.75, 3.05) is 18.9 Å². The summed E-state index contributed by atoms with van der Waals surface area (Å²) in [5.74, 6) is 1.66. The number of carbonyl (C=O) groups excluding carboxylic acids is 1. The topological polar surface area (TPSA) is 58.1 Å². The molecule has 2 heterocycles. The molecule has 5 heteroatoms. The molecular formula is C19H24N4O. The van der Waals surface area contributed by atoms with E-state index in [-0.39, 0.29) is 5.91 Å². The van der Waals surface area contributed by atoms with Crippen molar-refractivity contribution in [1.82, 2.24) is 14.9 Å². The minimum absolute atomic E-state index is 0.136. The Balaban J connectivity index is 1.88. The van der Waals surface area contributed by atoms with Gasteiger partial charge in [-0.3, -0.25) is 4.79 Å². The fraction of sp³-hybridized carbons (Fsp3) is 0.421. The molecule has 1 aromatic heterocycles. The number of hydrogen-bond donors (Lipinski definition) is 1. The van der Waals surface area contributed by atoms with Gasteiger partial charge in [-0.25, -0.2) is 9.97 Å². The number of aryl methyl sites for hydroxylation is 1. The molecule has 1 amide bonds. The van der Waals surface area contributed by atoms with E-state index in [1.165, 1.54) is 0 Å². The smallest absolute Gasteiger partial charge is 0.227 e. The summed E-state index contributed by atoms with van der Waals surface area (Å²) in [5.41, 5.74) is 1.51. The Bertz CT molecular complexity index is 731. The fourth-order valence-electron chi connectivity index (χ4n) is 3.40. The largest absolute Gasteiger partial charge is 0.373 e. The SMILES string of the molecule is CNc1cc(C)nc(C2(C)CCCN2C(=O)Cc2ccccc2)n1. The van der Waals surface area contributed by atoms with Gasteiger partial charge in [0, 0.05) is 25.4 Å². The molecule has 2 aromatic rings. The molecule has 24 heavy (non-hydrogen) atoms. The average molecular weight is 324 g/mol. The third-order valence-electron chi connectivity index (χ3n) is 4.73. The van der Waals surface area contributed by atoms with Crippen molar-refractivity contribution in [3.8, 4) is 0 Å². The van der Waals surface area contributed by atoms with Crippen LogP contribution >= 0.6 is 0 Å². The molecule has 0 aliphatic carbocycles. The van der Waals surface area contributed by atoms with E-state index in [0.717, 1.165) is 42.3 Å². The maximum atomic E-state index is 12.9. The summed E-state index contributed by atoms with van der Waals surface area (Å²) in [6, 6.07) is 11.8. The Kier molecular flexibility index (Phi) is 4.51. The number of carbonyl (C=O) groups is 1. The van der Waals surface area contributed by atoms with Crippen LogP contribution in [0, 0.1) is 6.92 Å². The third kappa shape index (κ3) is 3.11. The lowest BCUT2D eigenvalue weighted by Crippen LogP contribution is -2.44. The Morgan fingerprint density at radius 3 is 2.75 bits per heavy atom. The van der Waals surface area contributed by atoms with Gasteiger partial charge < -0.3 is 10.2 Å². The van der Waals surface area contributed by atoms with E-state index in [4.69, 9.17) is 0 Å². The lowest BCUT2D eigenvalue weighted by Gasteiger charge is -2.34. The second-order valence-electron chi connectivity index (χ2n) is 6.55. The Morgan fingerprint density at radius 1 is 1.29 bits per heavy atom. The molecule has 1 atom stereocenters. The lowest BCUT2D eigenvalue weighted by molar-refractivity contribution is -0.134. The Labute approximate surface area is 143 Å². The maximum Gasteiger partial charge on any atom is 0.227 e. The van der Waals surface area contributed by atoms with Gasteiger partial charge in [-0.2, -0.15) is 0 Å². The van der Waals surface area contributed by atoms with E-state index in [1.54, 1.807) is 0 Å². The molecule has 1 fully saturated rings. The van der Waals surface area contributed by atoms with E-state index in [2.05, 4.69) is 22.2 Å². The van der Waals surface area contributed by atoms with Gasteiger partial charge in [-0.1, -0.05) is 30.3 Å². The van der Waals surface area contributed by atoms with Gasteiger partial charge in [0.15, 0.2) is 5.82 Å². The maximum absolute atomic E-state index is 12.9. The molecule has 0 saturated carbocycles. The summed E-state index contributed by atoms with van der Waals surface area (Å²) < 4.78 is 0. The third-order valence-corrected chi connectivity index (χ3v) is 4.73. The van der Waals surface area contributed by atoms with E-state index < -0.39 is 5.54 Å². The zero-order valence-corrected chi connectivity index (χ0v) is 14.5. The van der Waals surface area contributed by atoms with E-state index in [9.17, 15) is 4.79 Å². The number of hydrogen-bond acceptors (Lipinski definition) is 4. The fourth-order valence-corrected chi connectivity index (χ4v) is 3.40. The highest BCUT2D eigenvalue weighted by Crippen LogP contribution is 2.37.